The van der Waals surface area contributed by atoms with Crippen LogP contribution in [0.25, 0.3) is 0 Å². The first-order valence-corrected chi connectivity index (χ1v) is 7.30. The molecule has 1 aromatic rings. The number of hydrogen-bond donors (Lipinski definition) is 4. The summed E-state index contributed by atoms with van der Waals surface area (Å²) in [6.45, 7) is 7.16. The van der Waals surface area contributed by atoms with Gasteiger partial charge in [-0.15, -0.1) is 0 Å². The fourth-order valence-electron chi connectivity index (χ4n) is 1.78. The molecule has 0 saturated heterocycles. The summed E-state index contributed by atoms with van der Waals surface area (Å²) in [4.78, 5) is 23.4. The molecule has 0 spiro atoms. The Morgan fingerprint density at radius 1 is 1.18 bits per heavy atom. The van der Waals surface area contributed by atoms with Gasteiger partial charge in [0.1, 0.15) is 0 Å². The van der Waals surface area contributed by atoms with Crippen LogP contribution in [0.4, 0.5) is 10.5 Å². The predicted octanol–water partition coefficient (Wildman–Crippen LogP) is 1.65. The lowest BCUT2D eigenvalue weighted by molar-refractivity contribution is -0.122. The van der Waals surface area contributed by atoms with Crippen LogP contribution in [0.5, 0.6) is 0 Å². The molecule has 22 heavy (non-hydrogen) atoms. The van der Waals surface area contributed by atoms with Gasteiger partial charge in [-0.25, -0.2) is 4.79 Å². The molecule has 6 heteroatoms. The van der Waals surface area contributed by atoms with Gasteiger partial charge in [0, 0.05) is 11.7 Å². The first-order chi connectivity index (χ1) is 10.2. The zero-order valence-electron chi connectivity index (χ0n) is 13.6. The maximum absolute atomic E-state index is 11.9. The van der Waals surface area contributed by atoms with Crippen molar-refractivity contribution in [3.05, 3.63) is 29.8 Å². The zero-order chi connectivity index (χ0) is 16.8. The van der Waals surface area contributed by atoms with Crippen LogP contribution in [-0.4, -0.2) is 35.2 Å². The van der Waals surface area contributed by atoms with Gasteiger partial charge in [0.25, 0.3) is 0 Å². The second-order valence-electron chi connectivity index (χ2n) is 6.22. The second kappa shape index (κ2) is 7.79. The van der Waals surface area contributed by atoms with Gasteiger partial charge >= 0.3 is 6.03 Å². The molecular formula is C16H25N3O3. The smallest absolute Gasteiger partial charge is 0.319 e. The molecular weight excluding hydrogens is 282 g/mol. The fourth-order valence-corrected chi connectivity index (χ4v) is 1.78. The fraction of sp³-hybridized carbons (Fsp3) is 0.500. The number of anilines is 1. The molecule has 4 N–H and O–H groups in total. The minimum Gasteiger partial charge on any atom is -0.394 e. The first kappa shape index (κ1) is 18.0. The summed E-state index contributed by atoms with van der Waals surface area (Å²) >= 11 is 0. The Kier molecular flexibility index (Phi) is 6.37. The summed E-state index contributed by atoms with van der Waals surface area (Å²) < 4.78 is 0. The molecule has 0 aliphatic carbocycles. The van der Waals surface area contributed by atoms with Crippen LogP contribution in [-0.2, 0) is 11.2 Å². The van der Waals surface area contributed by atoms with E-state index in [0.29, 0.717) is 5.69 Å². The van der Waals surface area contributed by atoms with Gasteiger partial charge in [-0.05, 0) is 45.4 Å². The number of urea groups is 1. The summed E-state index contributed by atoms with van der Waals surface area (Å²) in [5.41, 5.74) is 0.868. The van der Waals surface area contributed by atoms with Gasteiger partial charge in [-0.1, -0.05) is 12.1 Å². The molecule has 0 atom stereocenters. The molecule has 122 valence electrons. The van der Waals surface area contributed by atoms with E-state index in [1.54, 1.807) is 38.1 Å². The highest BCUT2D eigenvalue weighted by molar-refractivity contribution is 5.89. The predicted molar refractivity (Wildman–Crippen MR) is 86.7 cm³/mol. The minimum atomic E-state index is -0.631. The highest BCUT2D eigenvalue weighted by Gasteiger charge is 2.18. The van der Waals surface area contributed by atoms with E-state index in [2.05, 4.69) is 16.0 Å². The SMILES string of the molecule is CC(C)NC(=O)Nc1ccc(CC(=O)NC(C)(C)CO)cc1. The van der Waals surface area contributed by atoms with Crippen molar-refractivity contribution in [3.8, 4) is 0 Å². The number of aliphatic hydroxyl groups excluding tert-OH is 1. The Bertz CT molecular complexity index is 510. The molecule has 6 nitrogen and oxygen atoms in total. The van der Waals surface area contributed by atoms with Crippen molar-refractivity contribution in [2.45, 2.75) is 45.7 Å². The largest absolute Gasteiger partial charge is 0.394 e. The van der Waals surface area contributed by atoms with Crippen molar-refractivity contribution in [3.63, 3.8) is 0 Å². The Labute approximate surface area is 131 Å². The summed E-state index contributed by atoms with van der Waals surface area (Å²) in [7, 11) is 0. The third-order valence-corrected chi connectivity index (χ3v) is 2.87. The van der Waals surface area contributed by atoms with Crippen LogP contribution in [0.1, 0.15) is 33.3 Å². The molecule has 0 aliphatic heterocycles. The first-order valence-electron chi connectivity index (χ1n) is 7.30. The highest BCUT2D eigenvalue weighted by atomic mass is 16.3. The molecule has 1 aromatic carbocycles. The van der Waals surface area contributed by atoms with E-state index in [1.807, 2.05) is 13.8 Å². The average molecular weight is 307 g/mol. The lowest BCUT2D eigenvalue weighted by Crippen LogP contribution is -2.46. The van der Waals surface area contributed by atoms with Crippen LogP contribution in [0.2, 0.25) is 0 Å². The topological polar surface area (TPSA) is 90.5 Å². The Morgan fingerprint density at radius 3 is 2.27 bits per heavy atom. The van der Waals surface area contributed by atoms with Crippen LogP contribution in [0.15, 0.2) is 24.3 Å². The summed E-state index contributed by atoms with van der Waals surface area (Å²) in [6, 6.07) is 6.88. The number of benzene rings is 1. The van der Waals surface area contributed by atoms with Gasteiger partial charge in [0.2, 0.25) is 5.91 Å². The minimum absolute atomic E-state index is 0.0675. The third kappa shape index (κ3) is 6.58. The number of carbonyl (C=O) groups is 2. The molecule has 0 aromatic heterocycles. The van der Waals surface area contributed by atoms with Crippen LogP contribution in [0, 0.1) is 0 Å². The number of nitrogens with one attached hydrogen (secondary N) is 3. The normalized spacial score (nSPS) is 11.2. The lowest BCUT2D eigenvalue weighted by atomic mass is 10.1. The quantitative estimate of drug-likeness (QED) is 0.644. The van der Waals surface area contributed by atoms with E-state index in [9.17, 15) is 9.59 Å². The van der Waals surface area contributed by atoms with Crippen molar-refractivity contribution in [1.29, 1.82) is 0 Å². The number of amides is 3. The van der Waals surface area contributed by atoms with Gasteiger partial charge in [-0.2, -0.15) is 0 Å². The second-order valence-corrected chi connectivity index (χ2v) is 6.22. The van der Waals surface area contributed by atoms with E-state index < -0.39 is 5.54 Å². The van der Waals surface area contributed by atoms with E-state index in [1.165, 1.54) is 0 Å². The molecule has 0 unspecified atom stereocenters. The molecule has 0 bridgehead atoms. The van der Waals surface area contributed by atoms with Crippen molar-refractivity contribution in [2.24, 2.45) is 0 Å². The average Bonchev–Trinajstić information content (AvgIpc) is 2.39. The molecule has 0 fully saturated rings. The zero-order valence-corrected chi connectivity index (χ0v) is 13.6. The van der Waals surface area contributed by atoms with Crippen LogP contribution < -0.4 is 16.0 Å². The number of carbonyl (C=O) groups excluding carboxylic acids is 2. The Balaban J connectivity index is 2.55. The maximum Gasteiger partial charge on any atom is 0.319 e. The highest BCUT2D eigenvalue weighted by Crippen LogP contribution is 2.11. The lowest BCUT2D eigenvalue weighted by Gasteiger charge is -2.23. The Morgan fingerprint density at radius 2 is 1.77 bits per heavy atom. The number of hydrogen-bond acceptors (Lipinski definition) is 3. The van der Waals surface area contributed by atoms with Gasteiger partial charge in [-0.3, -0.25) is 4.79 Å². The van der Waals surface area contributed by atoms with Crippen LogP contribution in [0.3, 0.4) is 0 Å². The van der Waals surface area contributed by atoms with Crippen molar-refractivity contribution < 1.29 is 14.7 Å². The third-order valence-electron chi connectivity index (χ3n) is 2.87. The number of rotatable bonds is 6. The van der Waals surface area contributed by atoms with Gasteiger partial charge in [0.15, 0.2) is 0 Å². The summed E-state index contributed by atoms with van der Waals surface area (Å²) in [5.74, 6) is -0.155. The summed E-state index contributed by atoms with van der Waals surface area (Å²) in [6.07, 6.45) is 0.224. The van der Waals surface area contributed by atoms with E-state index in [-0.39, 0.29) is 31.0 Å². The van der Waals surface area contributed by atoms with Crippen molar-refractivity contribution >= 4 is 17.6 Å². The Hall–Kier alpha value is -2.08. The summed E-state index contributed by atoms with van der Waals surface area (Å²) in [5, 5.41) is 17.3. The maximum atomic E-state index is 11.9. The van der Waals surface area contributed by atoms with E-state index >= 15 is 0 Å². The molecule has 0 saturated carbocycles. The molecule has 0 radical (unpaired) electrons. The monoisotopic (exact) mass is 307 g/mol. The molecule has 0 aliphatic rings. The van der Waals surface area contributed by atoms with Gasteiger partial charge in [0.05, 0.1) is 18.6 Å². The number of aliphatic hydroxyl groups is 1. The van der Waals surface area contributed by atoms with Crippen LogP contribution >= 0.6 is 0 Å². The van der Waals surface area contributed by atoms with Gasteiger partial charge < -0.3 is 21.1 Å². The van der Waals surface area contributed by atoms with E-state index in [0.717, 1.165) is 5.56 Å². The standard InChI is InChI=1S/C16H25N3O3/c1-11(2)17-15(22)18-13-7-5-12(6-8-13)9-14(21)19-16(3,4)10-20/h5-8,11,20H,9-10H2,1-4H3,(H,19,21)(H2,17,18,22). The van der Waals surface area contributed by atoms with Crippen molar-refractivity contribution in [2.75, 3.05) is 11.9 Å². The van der Waals surface area contributed by atoms with E-state index in [4.69, 9.17) is 5.11 Å². The molecule has 3 amide bonds. The molecule has 0 heterocycles. The molecule has 1 rings (SSSR count). The van der Waals surface area contributed by atoms with Crippen molar-refractivity contribution in [1.82, 2.24) is 10.6 Å².